The van der Waals surface area contributed by atoms with Crippen LogP contribution in [0.15, 0.2) is 53.5 Å². The molecule has 31 heavy (non-hydrogen) atoms. The van der Waals surface area contributed by atoms with Crippen molar-refractivity contribution in [2.45, 2.75) is 39.7 Å². The molecule has 0 bridgehead atoms. The third-order valence-corrected chi connectivity index (χ3v) is 7.82. The number of nitrogens with zero attached hydrogens (tertiary/aromatic N) is 2. The van der Waals surface area contributed by atoms with Crippen LogP contribution in [0, 0.1) is 10.1 Å². The van der Waals surface area contributed by atoms with E-state index in [9.17, 15) is 10.1 Å². The SMILES string of the molecule is CCO[Si](CCCN=Cc1cc([N+](=O)[O-])ccc1Cc1ccccc1)(OCC)OCC. The minimum absolute atomic E-state index is 0.0636. The topological polar surface area (TPSA) is 83.2 Å². The molecule has 0 saturated heterocycles. The molecule has 7 nitrogen and oxygen atoms in total. The van der Waals surface area contributed by atoms with Gasteiger partial charge in [-0.15, -0.1) is 0 Å². The van der Waals surface area contributed by atoms with Gasteiger partial charge >= 0.3 is 8.80 Å². The molecule has 0 atom stereocenters. The van der Waals surface area contributed by atoms with Crippen molar-refractivity contribution in [1.82, 2.24) is 0 Å². The van der Waals surface area contributed by atoms with Gasteiger partial charge in [-0.1, -0.05) is 36.4 Å². The molecule has 2 rings (SSSR count). The van der Waals surface area contributed by atoms with E-state index in [0.717, 1.165) is 23.1 Å². The van der Waals surface area contributed by atoms with Gasteiger partial charge in [-0.2, -0.15) is 0 Å². The van der Waals surface area contributed by atoms with Gasteiger partial charge < -0.3 is 13.3 Å². The molecule has 0 aromatic heterocycles. The number of nitro benzene ring substituents is 1. The lowest BCUT2D eigenvalue weighted by atomic mass is 10.00. The smallest absolute Gasteiger partial charge is 0.374 e. The lowest BCUT2D eigenvalue weighted by Crippen LogP contribution is -2.46. The van der Waals surface area contributed by atoms with Crippen LogP contribution in [0.1, 0.15) is 43.9 Å². The number of aliphatic imine (C=N–C) groups is 1. The molecule has 8 heteroatoms. The number of benzene rings is 2. The monoisotopic (exact) mass is 444 g/mol. The van der Waals surface area contributed by atoms with E-state index < -0.39 is 8.80 Å². The van der Waals surface area contributed by atoms with Gasteiger partial charge in [-0.3, -0.25) is 15.1 Å². The first-order valence-corrected chi connectivity index (χ1v) is 12.7. The van der Waals surface area contributed by atoms with Crippen LogP contribution in [0.3, 0.4) is 0 Å². The third-order valence-electron chi connectivity index (χ3n) is 4.67. The molecule has 0 radical (unpaired) electrons. The van der Waals surface area contributed by atoms with Gasteiger partial charge in [-0.05, 0) is 44.7 Å². The fourth-order valence-corrected chi connectivity index (χ4v) is 5.94. The van der Waals surface area contributed by atoms with E-state index in [4.69, 9.17) is 13.3 Å². The molecule has 0 unspecified atom stereocenters. The summed E-state index contributed by atoms with van der Waals surface area (Å²) in [6, 6.07) is 15.7. The van der Waals surface area contributed by atoms with Crippen molar-refractivity contribution in [2.75, 3.05) is 26.4 Å². The fourth-order valence-electron chi connectivity index (χ4n) is 3.34. The molecule has 2 aromatic carbocycles. The van der Waals surface area contributed by atoms with E-state index in [-0.39, 0.29) is 10.6 Å². The minimum atomic E-state index is -2.67. The molecule has 0 fully saturated rings. The van der Waals surface area contributed by atoms with Crippen LogP contribution in [0.2, 0.25) is 6.04 Å². The van der Waals surface area contributed by atoms with E-state index in [0.29, 0.717) is 38.8 Å². The van der Waals surface area contributed by atoms with E-state index >= 15 is 0 Å². The van der Waals surface area contributed by atoms with Crippen molar-refractivity contribution in [3.63, 3.8) is 0 Å². The Labute approximate surface area is 185 Å². The average molecular weight is 445 g/mol. The maximum absolute atomic E-state index is 11.2. The zero-order valence-corrected chi connectivity index (χ0v) is 19.6. The van der Waals surface area contributed by atoms with Gasteiger partial charge in [0.15, 0.2) is 0 Å². The molecule has 0 saturated carbocycles. The van der Waals surface area contributed by atoms with Gasteiger partial charge in [-0.25, -0.2) is 0 Å². The van der Waals surface area contributed by atoms with Crippen LogP contribution >= 0.6 is 0 Å². The van der Waals surface area contributed by atoms with E-state index in [1.54, 1.807) is 18.3 Å². The Morgan fingerprint density at radius 2 is 1.65 bits per heavy atom. The molecule has 0 heterocycles. The first kappa shape index (κ1) is 24.9. The lowest BCUT2D eigenvalue weighted by molar-refractivity contribution is -0.384. The second kappa shape index (κ2) is 13.1. The zero-order chi connectivity index (χ0) is 22.5. The van der Waals surface area contributed by atoms with Crippen molar-refractivity contribution >= 4 is 20.7 Å². The molecule has 0 spiro atoms. The van der Waals surface area contributed by atoms with Crippen LogP contribution in [-0.4, -0.2) is 46.3 Å². The van der Waals surface area contributed by atoms with Gasteiger partial charge in [0, 0.05) is 56.3 Å². The van der Waals surface area contributed by atoms with Crippen molar-refractivity contribution in [3.05, 3.63) is 75.3 Å². The summed E-state index contributed by atoms with van der Waals surface area (Å²) in [5, 5.41) is 11.2. The van der Waals surface area contributed by atoms with Crippen molar-refractivity contribution in [1.29, 1.82) is 0 Å². The molecular formula is C23H32N2O5Si. The maximum atomic E-state index is 11.2. The van der Waals surface area contributed by atoms with Crippen LogP contribution < -0.4 is 0 Å². The standard InChI is InChI=1S/C23H32N2O5Si/c1-4-28-31(29-5-2,30-6-3)16-10-15-24-19-22-18-23(25(26)27)14-13-21(22)17-20-11-8-7-9-12-20/h7-9,11-14,18-19H,4-6,10,15-17H2,1-3H3. The van der Waals surface area contributed by atoms with Crippen LogP contribution in [0.25, 0.3) is 0 Å². The molecular weight excluding hydrogens is 412 g/mol. The van der Waals surface area contributed by atoms with E-state index in [1.807, 2.05) is 57.2 Å². The van der Waals surface area contributed by atoms with E-state index in [2.05, 4.69) is 4.99 Å². The normalized spacial score (nSPS) is 11.8. The summed E-state index contributed by atoms with van der Waals surface area (Å²) < 4.78 is 17.6. The Balaban J connectivity index is 2.09. The summed E-state index contributed by atoms with van der Waals surface area (Å²) in [6.45, 7) is 8.02. The summed E-state index contributed by atoms with van der Waals surface area (Å²) in [4.78, 5) is 15.4. The Bertz CT molecular complexity index is 828. The molecule has 0 aliphatic carbocycles. The van der Waals surface area contributed by atoms with Gasteiger partial charge in [0.1, 0.15) is 0 Å². The quantitative estimate of drug-likeness (QED) is 0.134. The number of hydrogen-bond acceptors (Lipinski definition) is 6. The van der Waals surface area contributed by atoms with Crippen LogP contribution in [0.5, 0.6) is 0 Å². The molecule has 168 valence electrons. The van der Waals surface area contributed by atoms with Gasteiger partial charge in [0.05, 0.1) is 4.92 Å². The summed E-state index contributed by atoms with van der Waals surface area (Å²) in [5.74, 6) is 0. The van der Waals surface area contributed by atoms with Crippen LogP contribution in [0.4, 0.5) is 5.69 Å². The Kier molecular flexibility index (Phi) is 10.5. The highest BCUT2D eigenvalue weighted by Crippen LogP contribution is 2.21. The number of hydrogen-bond donors (Lipinski definition) is 0. The average Bonchev–Trinajstić information content (AvgIpc) is 2.75. The summed E-state index contributed by atoms with van der Waals surface area (Å²) in [6.07, 6.45) is 3.18. The molecule has 0 aliphatic rings. The molecule has 2 aromatic rings. The summed E-state index contributed by atoms with van der Waals surface area (Å²) >= 11 is 0. The first-order chi connectivity index (χ1) is 15.0. The predicted molar refractivity (Wildman–Crippen MR) is 125 cm³/mol. The summed E-state index contributed by atoms with van der Waals surface area (Å²) in [7, 11) is -2.67. The second-order valence-electron chi connectivity index (χ2n) is 6.92. The zero-order valence-electron chi connectivity index (χ0n) is 18.6. The predicted octanol–water partition coefficient (Wildman–Crippen LogP) is 5.04. The van der Waals surface area contributed by atoms with Crippen molar-refractivity contribution in [3.8, 4) is 0 Å². The minimum Gasteiger partial charge on any atom is -0.374 e. The molecule has 0 aliphatic heterocycles. The molecule has 0 N–H and O–H groups in total. The molecule has 0 amide bonds. The number of nitro groups is 1. The Morgan fingerprint density at radius 3 is 2.23 bits per heavy atom. The highest BCUT2D eigenvalue weighted by Gasteiger charge is 2.39. The first-order valence-electron chi connectivity index (χ1n) is 10.8. The third kappa shape index (κ3) is 7.99. The van der Waals surface area contributed by atoms with E-state index in [1.165, 1.54) is 0 Å². The Morgan fingerprint density at radius 1 is 1.00 bits per heavy atom. The Hall–Kier alpha value is -2.39. The lowest BCUT2D eigenvalue weighted by Gasteiger charge is -2.28. The van der Waals surface area contributed by atoms with Crippen molar-refractivity contribution < 1.29 is 18.2 Å². The van der Waals surface area contributed by atoms with Gasteiger partial charge in [0.25, 0.3) is 5.69 Å². The van der Waals surface area contributed by atoms with Crippen molar-refractivity contribution in [2.24, 2.45) is 4.99 Å². The van der Waals surface area contributed by atoms with Crippen LogP contribution in [-0.2, 0) is 19.7 Å². The van der Waals surface area contributed by atoms with Gasteiger partial charge in [0.2, 0.25) is 0 Å². The fraction of sp³-hybridized carbons (Fsp3) is 0.435. The highest BCUT2D eigenvalue weighted by atomic mass is 28.4. The second-order valence-corrected chi connectivity index (χ2v) is 9.66. The maximum Gasteiger partial charge on any atom is 0.500 e. The largest absolute Gasteiger partial charge is 0.500 e. The summed E-state index contributed by atoms with van der Waals surface area (Å²) in [5.41, 5.74) is 2.98. The number of rotatable bonds is 14. The number of non-ortho nitro benzene ring substituents is 1. The highest BCUT2D eigenvalue weighted by molar-refractivity contribution is 6.60.